The smallest absolute Gasteiger partial charge is 0.303 e. The third kappa shape index (κ3) is 5.25. The molecule has 0 bridgehead atoms. The lowest BCUT2D eigenvalue weighted by atomic mass is 9.90. The summed E-state index contributed by atoms with van der Waals surface area (Å²) in [6, 6.07) is 14.2. The summed E-state index contributed by atoms with van der Waals surface area (Å²) in [4.78, 5) is 23.2. The number of rotatable bonds is 7. The van der Waals surface area contributed by atoms with Gasteiger partial charge in [-0.2, -0.15) is 0 Å². The number of carbonyl (C=O) groups excluding carboxylic acids is 1. The largest absolute Gasteiger partial charge is 0.481 e. The van der Waals surface area contributed by atoms with Crippen molar-refractivity contribution in [1.82, 2.24) is 5.32 Å². The predicted molar refractivity (Wildman–Crippen MR) is 94.6 cm³/mol. The van der Waals surface area contributed by atoms with E-state index in [0.29, 0.717) is 23.0 Å². The van der Waals surface area contributed by atoms with E-state index in [0.717, 1.165) is 11.1 Å². The van der Waals surface area contributed by atoms with Crippen LogP contribution in [0.15, 0.2) is 48.5 Å². The van der Waals surface area contributed by atoms with Gasteiger partial charge in [-0.15, -0.1) is 0 Å². The summed E-state index contributed by atoms with van der Waals surface area (Å²) >= 11 is 11.8. The summed E-state index contributed by atoms with van der Waals surface area (Å²) in [6.45, 7) is 0.308. The van der Waals surface area contributed by atoms with Crippen LogP contribution in [0.3, 0.4) is 0 Å². The maximum atomic E-state index is 12.6. The van der Waals surface area contributed by atoms with Gasteiger partial charge in [-0.25, -0.2) is 0 Å². The Kier molecular flexibility index (Phi) is 6.64. The Morgan fingerprint density at radius 1 is 0.917 bits per heavy atom. The van der Waals surface area contributed by atoms with Crippen molar-refractivity contribution in [3.8, 4) is 0 Å². The molecule has 2 N–H and O–H groups in total. The van der Waals surface area contributed by atoms with E-state index in [2.05, 4.69) is 5.32 Å². The van der Waals surface area contributed by atoms with Crippen molar-refractivity contribution in [2.45, 2.75) is 18.8 Å². The number of carbonyl (C=O) groups is 2. The fourth-order valence-corrected chi connectivity index (χ4v) is 2.61. The number of benzene rings is 2. The second-order valence-electron chi connectivity index (χ2n) is 5.32. The maximum Gasteiger partial charge on any atom is 0.303 e. The lowest BCUT2D eigenvalue weighted by molar-refractivity contribution is -0.137. The molecular weight excluding hydrogens is 349 g/mol. The van der Waals surface area contributed by atoms with Crippen molar-refractivity contribution in [3.05, 3.63) is 69.7 Å². The monoisotopic (exact) mass is 365 g/mol. The second kappa shape index (κ2) is 8.71. The van der Waals surface area contributed by atoms with Gasteiger partial charge in [-0.3, -0.25) is 9.59 Å². The van der Waals surface area contributed by atoms with E-state index in [4.69, 9.17) is 28.3 Å². The van der Waals surface area contributed by atoms with Gasteiger partial charge in [-0.05, 0) is 41.8 Å². The molecule has 24 heavy (non-hydrogen) atoms. The van der Waals surface area contributed by atoms with Crippen LogP contribution in [0.25, 0.3) is 0 Å². The van der Waals surface area contributed by atoms with Crippen LogP contribution in [0.2, 0.25) is 10.0 Å². The Labute approximate surface area is 150 Å². The van der Waals surface area contributed by atoms with Crippen LogP contribution in [0.4, 0.5) is 0 Å². The molecule has 0 atom stereocenters. The third-order valence-electron chi connectivity index (χ3n) is 3.54. The highest BCUT2D eigenvalue weighted by molar-refractivity contribution is 6.30. The summed E-state index contributed by atoms with van der Waals surface area (Å²) in [5.41, 5.74) is 1.61. The molecule has 2 rings (SSSR count). The molecule has 0 spiro atoms. The summed E-state index contributed by atoms with van der Waals surface area (Å²) in [7, 11) is 0. The molecule has 126 valence electrons. The standard InChI is InChI=1S/C18H17Cl2NO3/c19-14-7-3-12(4-8-14)17(13-5-9-15(20)10-6-13)18(24)21-11-1-2-16(22)23/h3-10,17H,1-2,11H2,(H,21,24)(H,22,23). The molecule has 0 aromatic heterocycles. The molecule has 4 nitrogen and oxygen atoms in total. The number of hydrogen-bond donors (Lipinski definition) is 2. The first-order valence-corrected chi connectivity index (χ1v) is 8.23. The fourth-order valence-electron chi connectivity index (χ4n) is 2.36. The number of nitrogens with one attached hydrogen (secondary N) is 1. The van der Waals surface area contributed by atoms with E-state index in [1.807, 2.05) is 0 Å². The third-order valence-corrected chi connectivity index (χ3v) is 4.04. The van der Waals surface area contributed by atoms with Gasteiger partial charge in [0.2, 0.25) is 5.91 Å². The summed E-state index contributed by atoms with van der Waals surface area (Å²) in [6.07, 6.45) is 0.405. The quantitative estimate of drug-likeness (QED) is 0.725. The highest BCUT2D eigenvalue weighted by Gasteiger charge is 2.22. The molecule has 2 aromatic carbocycles. The summed E-state index contributed by atoms with van der Waals surface area (Å²) in [5, 5.41) is 12.6. The first-order valence-electron chi connectivity index (χ1n) is 7.48. The van der Waals surface area contributed by atoms with E-state index in [9.17, 15) is 9.59 Å². The van der Waals surface area contributed by atoms with Gasteiger partial charge in [0, 0.05) is 23.0 Å². The van der Waals surface area contributed by atoms with Crippen LogP contribution in [0.1, 0.15) is 29.9 Å². The van der Waals surface area contributed by atoms with Crippen LogP contribution < -0.4 is 5.32 Å². The lowest BCUT2D eigenvalue weighted by Crippen LogP contribution is -2.31. The molecule has 0 aliphatic heterocycles. The minimum Gasteiger partial charge on any atom is -0.481 e. The molecule has 0 fully saturated rings. The molecule has 0 saturated carbocycles. The average Bonchev–Trinajstić information content (AvgIpc) is 2.55. The molecule has 0 unspecified atom stereocenters. The zero-order valence-electron chi connectivity index (χ0n) is 12.8. The number of amides is 1. The average molecular weight is 366 g/mol. The Hall–Kier alpha value is -2.04. The van der Waals surface area contributed by atoms with Crippen LogP contribution in [0, 0.1) is 0 Å². The number of carboxylic acids is 1. The molecule has 0 aliphatic rings. The van der Waals surface area contributed by atoms with Crippen molar-refractivity contribution in [3.63, 3.8) is 0 Å². The topological polar surface area (TPSA) is 66.4 Å². The SMILES string of the molecule is O=C(O)CCCNC(=O)C(c1ccc(Cl)cc1)c1ccc(Cl)cc1. The molecule has 0 saturated heterocycles. The second-order valence-corrected chi connectivity index (χ2v) is 6.20. The zero-order valence-corrected chi connectivity index (χ0v) is 14.3. The molecule has 0 heterocycles. The maximum absolute atomic E-state index is 12.6. The highest BCUT2D eigenvalue weighted by Crippen LogP contribution is 2.27. The normalized spacial score (nSPS) is 10.6. The number of hydrogen-bond acceptors (Lipinski definition) is 2. The van der Waals surface area contributed by atoms with Crippen LogP contribution >= 0.6 is 23.2 Å². The van der Waals surface area contributed by atoms with Crippen LogP contribution in [-0.2, 0) is 9.59 Å². The van der Waals surface area contributed by atoms with Gasteiger partial charge >= 0.3 is 5.97 Å². The minimum atomic E-state index is -0.879. The van der Waals surface area contributed by atoms with Gasteiger partial charge < -0.3 is 10.4 Å². The van der Waals surface area contributed by atoms with Crippen LogP contribution in [0.5, 0.6) is 0 Å². The van der Waals surface area contributed by atoms with E-state index < -0.39 is 11.9 Å². The Morgan fingerprint density at radius 2 is 1.38 bits per heavy atom. The lowest BCUT2D eigenvalue weighted by Gasteiger charge is -2.18. The van der Waals surface area contributed by atoms with Crippen LogP contribution in [-0.4, -0.2) is 23.5 Å². The van der Waals surface area contributed by atoms with Crippen molar-refractivity contribution in [2.75, 3.05) is 6.54 Å². The molecule has 6 heteroatoms. The van der Waals surface area contributed by atoms with Gasteiger partial charge in [-0.1, -0.05) is 47.5 Å². The van der Waals surface area contributed by atoms with Crippen molar-refractivity contribution < 1.29 is 14.7 Å². The molecular formula is C18H17Cl2NO3. The Bertz CT molecular complexity index is 654. The van der Waals surface area contributed by atoms with Gasteiger partial charge in [0.15, 0.2) is 0 Å². The van der Waals surface area contributed by atoms with Crippen molar-refractivity contribution in [2.24, 2.45) is 0 Å². The van der Waals surface area contributed by atoms with Gasteiger partial charge in [0.05, 0.1) is 5.92 Å². The number of aliphatic carboxylic acids is 1. The van der Waals surface area contributed by atoms with E-state index in [1.165, 1.54) is 0 Å². The Balaban J connectivity index is 2.19. The predicted octanol–water partition coefficient (Wildman–Crippen LogP) is 4.11. The van der Waals surface area contributed by atoms with Crippen molar-refractivity contribution >= 4 is 35.1 Å². The fraction of sp³-hybridized carbons (Fsp3) is 0.222. The molecule has 1 amide bonds. The number of halogens is 2. The number of carboxylic acid groups (broad SMARTS) is 1. The van der Waals surface area contributed by atoms with E-state index >= 15 is 0 Å². The van der Waals surface area contributed by atoms with Crippen molar-refractivity contribution in [1.29, 1.82) is 0 Å². The first-order chi connectivity index (χ1) is 11.5. The zero-order chi connectivity index (χ0) is 17.5. The summed E-state index contributed by atoms with van der Waals surface area (Å²) < 4.78 is 0. The molecule has 0 radical (unpaired) electrons. The van der Waals surface area contributed by atoms with Gasteiger partial charge in [0.25, 0.3) is 0 Å². The molecule has 0 aliphatic carbocycles. The van der Waals surface area contributed by atoms with E-state index in [1.54, 1.807) is 48.5 Å². The first kappa shape index (κ1) is 18.3. The summed E-state index contributed by atoms with van der Waals surface area (Å²) in [5.74, 6) is -1.58. The Morgan fingerprint density at radius 3 is 1.79 bits per heavy atom. The van der Waals surface area contributed by atoms with Gasteiger partial charge in [0.1, 0.15) is 0 Å². The highest BCUT2D eigenvalue weighted by atomic mass is 35.5. The minimum absolute atomic E-state index is 0.0207. The molecule has 2 aromatic rings. The van der Waals surface area contributed by atoms with E-state index in [-0.39, 0.29) is 12.3 Å².